The summed E-state index contributed by atoms with van der Waals surface area (Å²) >= 11 is 0. The Morgan fingerprint density at radius 1 is 1.00 bits per heavy atom. The summed E-state index contributed by atoms with van der Waals surface area (Å²) in [5.41, 5.74) is 1.61. The SMILES string of the molecule is CN(C)CCCC1=Cc2ccccc2Oc2ccc(C(F)(F)F)cc21. The van der Waals surface area contributed by atoms with Crippen molar-refractivity contribution in [2.24, 2.45) is 0 Å². The minimum Gasteiger partial charge on any atom is -0.456 e. The number of fused-ring (bicyclic) bond motifs is 2. The largest absolute Gasteiger partial charge is 0.456 e. The van der Waals surface area contributed by atoms with Crippen LogP contribution in [0.15, 0.2) is 42.5 Å². The number of ether oxygens (including phenoxy) is 1. The normalized spacial score (nSPS) is 13.6. The summed E-state index contributed by atoms with van der Waals surface area (Å²) in [7, 11) is 3.96. The van der Waals surface area contributed by atoms with Crippen LogP contribution in [0.2, 0.25) is 0 Å². The Hall–Kier alpha value is -2.27. The van der Waals surface area contributed by atoms with Gasteiger partial charge in [-0.15, -0.1) is 0 Å². The van der Waals surface area contributed by atoms with Crippen molar-refractivity contribution in [3.05, 3.63) is 59.2 Å². The van der Waals surface area contributed by atoms with Gasteiger partial charge < -0.3 is 9.64 Å². The molecule has 0 fully saturated rings. The Kier molecular flexibility index (Phi) is 4.86. The van der Waals surface area contributed by atoms with Crippen LogP contribution in [0.1, 0.15) is 29.5 Å². The van der Waals surface area contributed by atoms with Crippen molar-refractivity contribution in [2.75, 3.05) is 20.6 Å². The fraction of sp³-hybridized carbons (Fsp3) is 0.300. The van der Waals surface area contributed by atoms with Gasteiger partial charge in [0.2, 0.25) is 0 Å². The lowest BCUT2D eigenvalue weighted by atomic mass is 9.96. The van der Waals surface area contributed by atoms with E-state index in [9.17, 15) is 13.2 Å². The van der Waals surface area contributed by atoms with Crippen LogP contribution < -0.4 is 4.74 Å². The molecule has 3 rings (SSSR count). The molecule has 0 aliphatic carbocycles. The van der Waals surface area contributed by atoms with E-state index in [-0.39, 0.29) is 0 Å². The van der Waals surface area contributed by atoms with Crippen LogP contribution in [0.3, 0.4) is 0 Å². The fourth-order valence-corrected chi connectivity index (χ4v) is 2.92. The molecule has 2 aromatic rings. The molecule has 5 heteroatoms. The molecule has 0 N–H and O–H groups in total. The molecule has 0 unspecified atom stereocenters. The highest BCUT2D eigenvalue weighted by molar-refractivity contribution is 5.87. The quantitative estimate of drug-likeness (QED) is 0.704. The minimum absolute atomic E-state index is 0.467. The molecule has 1 heterocycles. The molecule has 2 nitrogen and oxygen atoms in total. The van der Waals surface area contributed by atoms with E-state index < -0.39 is 11.7 Å². The van der Waals surface area contributed by atoms with Crippen molar-refractivity contribution in [1.82, 2.24) is 4.90 Å². The highest BCUT2D eigenvalue weighted by Crippen LogP contribution is 2.42. The monoisotopic (exact) mass is 347 g/mol. The van der Waals surface area contributed by atoms with E-state index in [2.05, 4.69) is 4.90 Å². The summed E-state index contributed by atoms with van der Waals surface area (Å²) < 4.78 is 45.3. The molecule has 0 saturated heterocycles. The van der Waals surface area contributed by atoms with Crippen molar-refractivity contribution >= 4 is 11.6 Å². The van der Waals surface area contributed by atoms with E-state index in [1.165, 1.54) is 12.1 Å². The topological polar surface area (TPSA) is 12.5 Å². The lowest BCUT2D eigenvalue weighted by molar-refractivity contribution is -0.137. The van der Waals surface area contributed by atoms with Crippen LogP contribution in [0.5, 0.6) is 11.5 Å². The molecule has 1 aliphatic rings. The predicted molar refractivity (Wildman–Crippen MR) is 93.6 cm³/mol. The van der Waals surface area contributed by atoms with Gasteiger partial charge in [-0.25, -0.2) is 0 Å². The molecular formula is C20H20F3NO. The van der Waals surface area contributed by atoms with Gasteiger partial charge >= 0.3 is 6.18 Å². The average molecular weight is 347 g/mol. The Bertz CT molecular complexity index is 794. The fourth-order valence-electron chi connectivity index (χ4n) is 2.92. The molecule has 0 aromatic heterocycles. The zero-order valence-corrected chi connectivity index (χ0v) is 14.2. The van der Waals surface area contributed by atoms with E-state index in [0.29, 0.717) is 23.5 Å². The third-order valence-electron chi connectivity index (χ3n) is 4.17. The van der Waals surface area contributed by atoms with Crippen molar-refractivity contribution in [3.8, 4) is 11.5 Å². The number of nitrogens with zero attached hydrogens (tertiary/aromatic N) is 1. The first-order valence-electron chi connectivity index (χ1n) is 8.18. The molecule has 0 radical (unpaired) electrons. The maximum absolute atomic E-state index is 13.1. The molecule has 0 spiro atoms. The van der Waals surface area contributed by atoms with Gasteiger partial charge in [-0.2, -0.15) is 13.2 Å². The first-order chi connectivity index (χ1) is 11.8. The Labute approximate surface area is 145 Å². The van der Waals surface area contributed by atoms with Gasteiger partial charge in [0.25, 0.3) is 0 Å². The van der Waals surface area contributed by atoms with Gasteiger partial charge in [-0.3, -0.25) is 0 Å². The number of benzene rings is 2. The van der Waals surface area contributed by atoms with Crippen molar-refractivity contribution < 1.29 is 17.9 Å². The molecule has 2 aromatic carbocycles. The minimum atomic E-state index is -4.37. The molecule has 1 aliphatic heterocycles. The number of hydrogen-bond donors (Lipinski definition) is 0. The van der Waals surface area contributed by atoms with Crippen molar-refractivity contribution in [3.63, 3.8) is 0 Å². The molecule has 25 heavy (non-hydrogen) atoms. The first-order valence-corrected chi connectivity index (χ1v) is 8.18. The van der Waals surface area contributed by atoms with E-state index in [1.54, 1.807) is 0 Å². The van der Waals surface area contributed by atoms with Crippen LogP contribution in [-0.4, -0.2) is 25.5 Å². The van der Waals surface area contributed by atoms with Gasteiger partial charge in [0.1, 0.15) is 11.5 Å². The highest BCUT2D eigenvalue weighted by Gasteiger charge is 2.32. The lowest BCUT2D eigenvalue weighted by Gasteiger charge is -2.15. The van der Waals surface area contributed by atoms with Gasteiger partial charge in [0.05, 0.1) is 5.56 Å². The maximum Gasteiger partial charge on any atom is 0.416 e. The molecule has 0 atom stereocenters. The van der Waals surface area contributed by atoms with Crippen molar-refractivity contribution in [2.45, 2.75) is 19.0 Å². The summed E-state index contributed by atoms with van der Waals surface area (Å²) in [6.07, 6.45) is -0.888. The Morgan fingerprint density at radius 2 is 1.76 bits per heavy atom. The van der Waals surface area contributed by atoms with Gasteiger partial charge in [-0.1, -0.05) is 18.2 Å². The third-order valence-corrected chi connectivity index (χ3v) is 4.17. The maximum atomic E-state index is 13.1. The summed E-state index contributed by atoms with van der Waals surface area (Å²) in [5.74, 6) is 1.13. The molecular weight excluding hydrogens is 327 g/mol. The van der Waals surface area contributed by atoms with E-state index in [1.807, 2.05) is 44.4 Å². The van der Waals surface area contributed by atoms with Crippen LogP contribution in [0, 0.1) is 0 Å². The molecule has 0 saturated carbocycles. The predicted octanol–water partition coefficient (Wildman–Crippen LogP) is 5.69. The zero-order chi connectivity index (χ0) is 18.0. The number of allylic oxidation sites excluding steroid dienone is 1. The van der Waals surface area contributed by atoms with E-state index >= 15 is 0 Å². The molecule has 0 amide bonds. The Balaban J connectivity index is 2.05. The second-order valence-electron chi connectivity index (χ2n) is 6.42. The number of alkyl halides is 3. The average Bonchev–Trinajstić information content (AvgIpc) is 2.69. The Morgan fingerprint density at radius 3 is 2.48 bits per heavy atom. The summed E-state index contributed by atoms with van der Waals surface area (Å²) in [5, 5.41) is 0. The van der Waals surface area contributed by atoms with Crippen molar-refractivity contribution in [1.29, 1.82) is 0 Å². The van der Waals surface area contributed by atoms with Crippen LogP contribution in [-0.2, 0) is 6.18 Å². The number of halogens is 3. The van der Waals surface area contributed by atoms with E-state index in [4.69, 9.17) is 4.74 Å². The second-order valence-corrected chi connectivity index (χ2v) is 6.42. The van der Waals surface area contributed by atoms with Crippen LogP contribution >= 0.6 is 0 Å². The zero-order valence-electron chi connectivity index (χ0n) is 14.2. The third kappa shape index (κ3) is 4.04. The molecule has 0 bridgehead atoms. The standard InChI is InChI=1S/C20H20F3NO/c1-24(2)11-5-7-14-12-15-6-3-4-8-18(15)25-19-10-9-16(13-17(14)19)20(21,22)23/h3-4,6,8-10,12-13H,5,7,11H2,1-2H3. The van der Waals surface area contributed by atoms with E-state index in [0.717, 1.165) is 30.2 Å². The lowest BCUT2D eigenvalue weighted by Crippen LogP contribution is -2.12. The molecule has 132 valence electrons. The van der Waals surface area contributed by atoms with Crippen LogP contribution in [0.25, 0.3) is 11.6 Å². The van der Waals surface area contributed by atoms with Gasteiger partial charge in [0, 0.05) is 11.1 Å². The first kappa shape index (κ1) is 17.5. The second kappa shape index (κ2) is 6.92. The van der Waals surface area contributed by atoms with Crippen LogP contribution in [0.4, 0.5) is 13.2 Å². The van der Waals surface area contributed by atoms with Gasteiger partial charge in [-0.05, 0) is 69.4 Å². The summed E-state index contributed by atoms with van der Waals surface area (Å²) in [4.78, 5) is 2.06. The smallest absolute Gasteiger partial charge is 0.416 e. The number of hydrogen-bond acceptors (Lipinski definition) is 2. The number of rotatable bonds is 4. The number of para-hydroxylation sites is 1. The highest BCUT2D eigenvalue weighted by atomic mass is 19.4. The van der Waals surface area contributed by atoms with Gasteiger partial charge in [0.15, 0.2) is 0 Å². The summed E-state index contributed by atoms with van der Waals surface area (Å²) in [6, 6.07) is 11.2. The summed E-state index contributed by atoms with van der Waals surface area (Å²) in [6.45, 7) is 0.869.